The summed E-state index contributed by atoms with van der Waals surface area (Å²) in [5.41, 5.74) is 3.55. The van der Waals surface area contributed by atoms with Crippen LogP contribution in [0.15, 0.2) is 48.5 Å². The molecule has 2 aromatic rings. The molecule has 0 N–H and O–H groups in total. The Hall–Kier alpha value is -2.09. The molecule has 2 aromatic carbocycles. The van der Waals surface area contributed by atoms with Crippen LogP contribution in [0.1, 0.15) is 76.7 Å². The lowest BCUT2D eigenvalue weighted by molar-refractivity contribution is -0.123. The van der Waals surface area contributed by atoms with E-state index in [0.29, 0.717) is 11.7 Å². The molecule has 1 fully saturated rings. The topological polar surface area (TPSA) is 26.3 Å². The summed E-state index contributed by atoms with van der Waals surface area (Å²) in [5.74, 6) is 2.07. The minimum atomic E-state index is 0.0984. The fourth-order valence-electron chi connectivity index (χ4n) is 4.25. The molecule has 0 spiro atoms. The lowest BCUT2D eigenvalue weighted by atomic mass is 9.76. The molecule has 0 aromatic heterocycles. The molecule has 0 saturated heterocycles. The van der Waals surface area contributed by atoms with Gasteiger partial charge in [0.05, 0.1) is 6.61 Å². The molecular weight excluding hydrogens is 344 g/mol. The smallest absolute Gasteiger partial charge is 0.140 e. The normalized spacial score (nSPS) is 19.6. The van der Waals surface area contributed by atoms with Crippen LogP contribution in [0, 0.1) is 5.92 Å². The second-order valence-electron chi connectivity index (χ2n) is 8.16. The Morgan fingerprint density at radius 3 is 2.14 bits per heavy atom. The third kappa shape index (κ3) is 5.47. The summed E-state index contributed by atoms with van der Waals surface area (Å²) in [6, 6.07) is 16.9. The number of unbranched alkanes of at least 4 members (excludes halogenated alkanes) is 2. The first-order valence-electron chi connectivity index (χ1n) is 11.1. The summed E-state index contributed by atoms with van der Waals surface area (Å²) in [5, 5.41) is 0. The van der Waals surface area contributed by atoms with Crippen molar-refractivity contribution in [3.63, 3.8) is 0 Å². The van der Waals surface area contributed by atoms with Crippen molar-refractivity contribution in [2.75, 3.05) is 6.61 Å². The van der Waals surface area contributed by atoms with E-state index in [0.717, 1.165) is 31.6 Å². The van der Waals surface area contributed by atoms with Crippen LogP contribution in [0.2, 0.25) is 0 Å². The molecule has 1 aliphatic rings. The quantitative estimate of drug-likeness (QED) is 0.432. The molecule has 28 heavy (non-hydrogen) atoms. The molecule has 0 heterocycles. The third-order valence-electron chi connectivity index (χ3n) is 5.93. The van der Waals surface area contributed by atoms with Gasteiger partial charge in [-0.15, -0.1) is 0 Å². The highest BCUT2D eigenvalue weighted by Gasteiger charge is 2.29. The molecule has 3 rings (SSSR count). The Labute approximate surface area is 170 Å². The Kier molecular flexibility index (Phi) is 7.71. The Bertz CT molecular complexity index is 730. The first kappa shape index (κ1) is 20.6. The van der Waals surface area contributed by atoms with Crippen LogP contribution >= 0.6 is 0 Å². The number of rotatable bonds is 9. The first-order chi connectivity index (χ1) is 13.7. The van der Waals surface area contributed by atoms with E-state index >= 15 is 0 Å². The van der Waals surface area contributed by atoms with Gasteiger partial charge in [-0.1, -0.05) is 75.9 Å². The number of ether oxygens (including phenoxy) is 1. The van der Waals surface area contributed by atoms with E-state index in [1.165, 1.54) is 48.8 Å². The molecule has 0 aliphatic heterocycles. The standard InChI is InChI=1S/C26H34O2/c1-3-5-6-7-20-8-17-25(26(27)19-20)23-11-9-21(10-12-23)22-13-15-24(16-14-22)28-18-4-2/h9-16,20,25H,3-8,17-19H2,1-2H3/t20-,25+/m0/s1. The van der Waals surface area contributed by atoms with Gasteiger partial charge in [0.15, 0.2) is 0 Å². The van der Waals surface area contributed by atoms with Gasteiger partial charge < -0.3 is 4.74 Å². The maximum atomic E-state index is 12.7. The van der Waals surface area contributed by atoms with Gasteiger partial charge in [0.25, 0.3) is 0 Å². The molecule has 2 atom stereocenters. The van der Waals surface area contributed by atoms with Crippen molar-refractivity contribution in [3.8, 4) is 16.9 Å². The van der Waals surface area contributed by atoms with E-state index in [1.807, 2.05) is 12.1 Å². The number of hydrogen-bond donors (Lipinski definition) is 0. The van der Waals surface area contributed by atoms with E-state index in [1.54, 1.807) is 0 Å². The molecule has 0 unspecified atom stereocenters. The maximum Gasteiger partial charge on any atom is 0.140 e. The van der Waals surface area contributed by atoms with E-state index in [4.69, 9.17) is 4.74 Å². The van der Waals surface area contributed by atoms with Crippen molar-refractivity contribution in [1.82, 2.24) is 0 Å². The van der Waals surface area contributed by atoms with Gasteiger partial charge in [-0.2, -0.15) is 0 Å². The van der Waals surface area contributed by atoms with Gasteiger partial charge in [-0.3, -0.25) is 4.79 Å². The molecule has 1 aliphatic carbocycles. The average Bonchev–Trinajstić information content (AvgIpc) is 2.73. The second kappa shape index (κ2) is 10.5. The summed E-state index contributed by atoms with van der Waals surface area (Å²) in [6.45, 7) is 5.10. The van der Waals surface area contributed by atoms with E-state index in [9.17, 15) is 4.79 Å². The van der Waals surface area contributed by atoms with Crippen LogP contribution in [0.3, 0.4) is 0 Å². The molecule has 0 amide bonds. The molecular formula is C26H34O2. The fourth-order valence-corrected chi connectivity index (χ4v) is 4.25. The van der Waals surface area contributed by atoms with Gasteiger partial charge in [-0.05, 0) is 54.0 Å². The number of Topliss-reactive ketones (excluding diaryl/α,β-unsaturated/α-hetero) is 1. The highest BCUT2D eigenvalue weighted by atomic mass is 16.5. The highest BCUT2D eigenvalue weighted by molar-refractivity contribution is 5.86. The van der Waals surface area contributed by atoms with Crippen molar-refractivity contribution in [2.45, 2.75) is 71.1 Å². The predicted octanol–water partition coefficient (Wildman–Crippen LogP) is 7.18. The van der Waals surface area contributed by atoms with Crippen molar-refractivity contribution < 1.29 is 9.53 Å². The monoisotopic (exact) mass is 378 g/mol. The summed E-state index contributed by atoms with van der Waals surface area (Å²) < 4.78 is 5.66. The van der Waals surface area contributed by atoms with Gasteiger partial charge in [0, 0.05) is 12.3 Å². The largest absolute Gasteiger partial charge is 0.494 e. The molecule has 2 nitrogen and oxygen atoms in total. The highest BCUT2D eigenvalue weighted by Crippen LogP contribution is 2.36. The first-order valence-corrected chi connectivity index (χ1v) is 11.1. The Balaban J connectivity index is 1.59. The SMILES string of the molecule is CCCCC[C@H]1CC[C@H](c2ccc(-c3ccc(OCCC)cc3)cc2)C(=O)C1. The Morgan fingerprint density at radius 2 is 1.54 bits per heavy atom. The van der Waals surface area contributed by atoms with Crippen LogP contribution in [-0.2, 0) is 4.79 Å². The number of carbonyl (C=O) groups excluding carboxylic acids is 1. The third-order valence-corrected chi connectivity index (χ3v) is 5.93. The molecule has 0 bridgehead atoms. The summed E-state index contributed by atoms with van der Waals surface area (Å²) in [4.78, 5) is 12.7. The Morgan fingerprint density at radius 1 is 0.857 bits per heavy atom. The van der Waals surface area contributed by atoms with E-state index in [2.05, 4.69) is 50.2 Å². The maximum absolute atomic E-state index is 12.7. The van der Waals surface area contributed by atoms with Crippen molar-refractivity contribution in [3.05, 3.63) is 54.1 Å². The van der Waals surface area contributed by atoms with E-state index in [-0.39, 0.29) is 5.92 Å². The predicted molar refractivity (Wildman–Crippen MR) is 117 cm³/mol. The summed E-state index contributed by atoms with van der Waals surface area (Å²) in [7, 11) is 0. The zero-order valence-corrected chi connectivity index (χ0v) is 17.5. The second-order valence-corrected chi connectivity index (χ2v) is 8.16. The van der Waals surface area contributed by atoms with Crippen molar-refractivity contribution >= 4 is 5.78 Å². The van der Waals surface area contributed by atoms with Crippen LogP contribution in [0.25, 0.3) is 11.1 Å². The number of benzene rings is 2. The fraction of sp³-hybridized carbons (Fsp3) is 0.500. The van der Waals surface area contributed by atoms with Crippen molar-refractivity contribution in [1.29, 1.82) is 0 Å². The molecule has 150 valence electrons. The molecule has 0 radical (unpaired) electrons. The van der Waals surface area contributed by atoms with Crippen LogP contribution < -0.4 is 4.74 Å². The zero-order chi connectivity index (χ0) is 19.8. The van der Waals surface area contributed by atoms with E-state index < -0.39 is 0 Å². The van der Waals surface area contributed by atoms with Gasteiger partial charge in [-0.25, -0.2) is 0 Å². The number of hydrogen-bond acceptors (Lipinski definition) is 2. The summed E-state index contributed by atoms with van der Waals surface area (Å²) >= 11 is 0. The van der Waals surface area contributed by atoms with Crippen LogP contribution in [0.5, 0.6) is 5.75 Å². The van der Waals surface area contributed by atoms with Crippen molar-refractivity contribution in [2.24, 2.45) is 5.92 Å². The lowest BCUT2D eigenvalue weighted by Gasteiger charge is -2.27. The van der Waals surface area contributed by atoms with Gasteiger partial charge in [0.1, 0.15) is 11.5 Å². The molecule has 1 saturated carbocycles. The number of ketones is 1. The lowest BCUT2D eigenvalue weighted by Crippen LogP contribution is -2.23. The zero-order valence-electron chi connectivity index (χ0n) is 17.5. The van der Waals surface area contributed by atoms with Gasteiger partial charge in [0.2, 0.25) is 0 Å². The number of carbonyl (C=O) groups is 1. The summed E-state index contributed by atoms with van der Waals surface area (Å²) in [6.07, 6.45) is 9.04. The van der Waals surface area contributed by atoms with Gasteiger partial charge >= 0.3 is 0 Å². The molecule has 2 heteroatoms. The van der Waals surface area contributed by atoms with Crippen LogP contribution in [-0.4, -0.2) is 12.4 Å². The average molecular weight is 379 g/mol. The minimum absolute atomic E-state index is 0.0984. The minimum Gasteiger partial charge on any atom is -0.494 e. The van der Waals surface area contributed by atoms with Crippen LogP contribution in [0.4, 0.5) is 0 Å².